The molecule has 1 rings (SSSR count). The first-order valence-electron chi connectivity index (χ1n) is 7.36. The first-order valence-corrected chi connectivity index (χ1v) is 7.36. The van der Waals surface area contributed by atoms with Crippen LogP contribution in [0.1, 0.15) is 39.5 Å². The molecule has 0 aromatic heterocycles. The van der Waals surface area contributed by atoms with E-state index in [0.29, 0.717) is 6.42 Å². The highest BCUT2D eigenvalue weighted by molar-refractivity contribution is 5.86. The lowest BCUT2D eigenvalue weighted by molar-refractivity contribution is -0.141. The molecule has 0 radical (unpaired) electrons. The number of methoxy groups -OCH3 is 1. The highest BCUT2D eigenvalue weighted by atomic mass is 16.6. The van der Waals surface area contributed by atoms with Gasteiger partial charge in [0, 0.05) is 6.42 Å². The summed E-state index contributed by atoms with van der Waals surface area (Å²) < 4.78 is 9.95. The molecule has 126 valence electrons. The molecule has 0 spiro atoms. The van der Waals surface area contributed by atoms with Crippen LogP contribution in [-0.2, 0) is 23.9 Å². The Morgan fingerprint density at radius 1 is 1.23 bits per heavy atom. The van der Waals surface area contributed by atoms with Crippen molar-refractivity contribution in [1.82, 2.24) is 10.6 Å². The fraction of sp³-hybridized carbons (Fsp3) is 0.786. The lowest BCUT2D eigenvalue weighted by Gasteiger charge is -2.15. The van der Waals surface area contributed by atoms with Crippen LogP contribution in [0.3, 0.4) is 0 Å². The maximum Gasteiger partial charge on any atom is 0.325 e. The van der Waals surface area contributed by atoms with Gasteiger partial charge in [-0.3, -0.25) is 19.7 Å². The van der Waals surface area contributed by atoms with E-state index in [9.17, 15) is 14.4 Å². The Morgan fingerprint density at radius 3 is 2.50 bits per heavy atom. The zero-order chi connectivity index (χ0) is 16.7. The summed E-state index contributed by atoms with van der Waals surface area (Å²) >= 11 is 0. The van der Waals surface area contributed by atoms with Gasteiger partial charge in [-0.1, -0.05) is 6.42 Å². The number of carboxylic acids is 1. The number of rotatable bonds is 10. The van der Waals surface area contributed by atoms with Crippen molar-refractivity contribution in [2.75, 3.05) is 7.11 Å². The summed E-state index contributed by atoms with van der Waals surface area (Å²) in [5, 5.41) is 14.1. The monoisotopic (exact) mass is 316 g/mol. The molecule has 0 aromatic carbocycles. The Bertz CT molecular complexity index is 414. The number of aliphatic carboxylic acids is 1. The van der Waals surface area contributed by atoms with Crippen LogP contribution in [0.4, 0.5) is 0 Å². The second-order valence-electron chi connectivity index (χ2n) is 5.37. The van der Waals surface area contributed by atoms with Gasteiger partial charge in [0.25, 0.3) is 0 Å². The SMILES string of the molecule is COC(=O)CCCCC1OC1N[C@@H](C)C(=O)N[C@@H](C)C(=O)O. The summed E-state index contributed by atoms with van der Waals surface area (Å²) in [7, 11) is 1.37. The molecule has 4 atom stereocenters. The van der Waals surface area contributed by atoms with Gasteiger partial charge < -0.3 is 19.9 Å². The molecule has 8 nitrogen and oxygen atoms in total. The smallest absolute Gasteiger partial charge is 0.325 e. The highest BCUT2D eigenvalue weighted by Crippen LogP contribution is 2.25. The van der Waals surface area contributed by atoms with E-state index >= 15 is 0 Å². The Kier molecular flexibility index (Phi) is 7.26. The van der Waals surface area contributed by atoms with Gasteiger partial charge in [-0.15, -0.1) is 0 Å². The van der Waals surface area contributed by atoms with E-state index < -0.39 is 18.1 Å². The van der Waals surface area contributed by atoms with Crippen LogP contribution in [0.5, 0.6) is 0 Å². The number of hydrogen-bond donors (Lipinski definition) is 3. The summed E-state index contributed by atoms with van der Waals surface area (Å²) in [6.07, 6.45) is 2.62. The van der Waals surface area contributed by atoms with Gasteiger partial charge in [0.05, 0.1) is 19.3 Å². The molecule has 1 amide bonds. The van der Waals surface area contributed by atoms with Crippen LogP contribution < -0.4 is 10.6 Å². The average Bonchev–Trinajstić information content (AvgIpc) is 3.20. The molecule has 0 bridgehead atoms. The van der Waals surface area contributed by atoms with E-state index in [1.54, 1.807) is 6.92 Å². The number of epoxide rings is 1. The predicted molar refractivity (Wildman–Crippen MR) is 77.0 cm³/mol. The third kappa shape index (κ3) is 6.40. The summed E-state index contributed by atoms with van der Waals surface area (Å²) in [6.45, 7) is 3.06. The molecule has 1 aliphatic rings. The van der Waals surface area contributed by atoms with Crippen LogP contribution in [0.25, 0.3) is 0 Å². The Hall–Kier alpha value is -1.67. The fourth-order valence-electron chi connectivity index (χ4n) is 1.95. The number of ether oxygens (including phenoxy) is 2. The minimum absolute atomic E-state index is 0.0322. The van der Waals surface area contributed by atoms with Crippen LogP contribution in [0.15, 0.2) is 0 Å². The van der Waals surface area contributed by atoms with Crippen molar-refractivity contribution in [1.29, 1.82) is 0 Å². The Labute approximate surface area is 129 Å². The molecular formula is C14H24N2O6. The molecule has 1 aliphatic heterocycles. The first-order chi connectivity index (χ1) is 10.3. The van der Waals surface area contributed by atoms with Crippen molar-refractivity contribution in [3.63, 3.8) is 0 Å². The molecule has 1 heterocycles. The van der Waals surface area contributed by atoms with Gasteiger partial charge >= 0.3 is 11.9 Å². The number of esters is 1. The van der Waals surface area contributed by atoms with E-state index in [4.69, 9.17) is 9.84 Å². The van der Waals surface area contributed by atoms with Gasteiger partial charge in [0.2, 0.25) is 5.91 Å². The molecule has 1 saturated heterocycles. The average molecular weight is 316 g/mol. The molecule has 1 fully saturated rings. The van der Waals surface area contributed by atoms with E-state index in [1.165, 1.54) is 14.0 Å². The third-order valence-electron chi connectivity index (χ3n) is 3.47. The van der Waals surface area contributed by atoms with E-state index in [0.717, 1.165) is 19.3 Å². The van der Waals surface area contributed by atoms with Gasteiger partial charge in [-0.25, -0.2) is 0 Å². The van der Waals surface area contributed by atoms with Gasteiger partial charge in [-0.2, -0.15) is 0 Å². The van der Waals surface area contributed by atoms with Crippen molar-refractivity contribution < 1.29 is 29.0 Å². The second-order valence-corrected chi connectivity index (χ2v) is 5.37. The maximum absolute atomic E-state index is 11.8. The second kappa shape index (κ2) is 8.70. The summed E-state index contributed by atoms with van der Waals surface area (Å²) in [6, 6.07) is -1.46. The van der Waals surface area contributed by atoms with Crippen LogP contribution in [-0.4, -0.2) is 54.5 Å². The van der Waals surface area contributed by atoms with Crippen LogP contribution >= 0.6 is 0 Å². The lowest BCUT2D eigenvalue weighted by atomic mass is 10.1. The van der Waals surface area contributed by atoms with Crippen LogP contribution in [0.2, 0.25) is 0 Å². The van der Waals surface area contributed by atoms with Crippen molar-refractivity contribution in [3.05, 3.63) is 0 Å². The zero-order valence-electron chi connectivity index (χ0n) is 13.1. The first kappa shape index (κ1) is 18.4. The molecule has 0 aromatic rings. The van der Waals surface area contributed by atoms with Crippen molar-refractivity contribution in [3.8, 4) is 0 Å². The number of carbonyl (C=O) groups is 3. The van der Waals surface area contributed by atoms with Crippen molar-refractivity contribution in [2.45, 2.75) is 63.9 Å². The maximum atomic E-state index is 11.8. The Morgan fingerprint density at radius 2 is 1.91 bits per heavy atom. The summed E-state index contributed by atoms with van der Waals surface area (Å²) in [4.78, 5) is 33.4. The number of unbranched alkanes of at least 4 members (excludes halogenated alkanes) is 1. The fourth-order valence-corrected chi connectivity index (χ4v) is 1.95. The molecule has 3 N–H and O–H groups in total. The van der Waals surface area contributed by atoms with E-state index in [1.807, 2.05) is 0 Å². The van der Waals surface area contributed by atoms with E-state index in [2.05, 4.69) is 15.4 Å². The molecular weight excluding hydrogens is 292 g/mol. The highest BCUT2D eigenvalue weighted by Gasteiger charge is 2.39. The minimum atomic E-state index is -1.08. The predicted octanol–water partition coefficient (Wildman–Crippen LogP) is 0.0121. The van der Waals surface area contributed by atoms with E-state index in [-0.39, 0.29) is 24.2 Å². The number of amides is 1. The van der Waals surface area contributed by atoms with Crippen LogP contribution in [0, 0.1) is 0 Å². The quantitative estimate of drug-likeness (QED) is 0.295. The molecule has 2 unspecified atom stereocenters. The normalized spacial score (nSPS) is 22.5. The lowest BCUT2D eigenvalue weighted by Crippen LogP contribution is -2.48. The number of nitrogens with one attached hydrogen (secondary N) is 2. The molecule has 0 saturated carbocycles. The van der Waals surface area contributed by atoms with Gasteiger partial charge in [-0.05, 0) is 26.7 Å². The molecule has 8 heteroatoms. The number of carboxylic acid groups (broad SMARTS) is 1. The summed E-state index contributed by atoms with van der Waals surface area (Å²) in [5.41, 5.74) is 0. The third-order valence-corrected chi connectivity index (χ3v) is 3.47. The van der Waals surface area contributed by atoms with Gasteiger partial charge in [0.1, 0.15) is 12.3 Å². The zero-order valence-corrected chi connectivity index (χ0v) is 13.1. The van der Waals surface area contributed by atoms with Crippen molar-refractivity contribution >= 4 is 17.8 Å². The van der Waals surface area contributed by atoms with Crippen molar-refractivity contribution in [2.24, 2.45) is 0 Å². The summed E-state index contributed by atoms with van der Waals surface area (Å²) in [5.74, 6) is -1.68. The topological polar surface area (TPSA) is 117 Å². The largest absolute Gasteiger partial charge is 0.480 e. The Balaban J connectivity index is 2.14. The standard InChI is InChI=1S/C14H24N2O6/c1-8(12(18)15-9(2)14(19)20)16-13-10(22-13)6-4-5-7-11(17)21-3/h8-10,13,16H,4-7H2,1-3H3,(H,15,18)(H,19,20)/t8-,9-,10?,13?/m0/s1. The van der Waals surface area contributed by atoms with Gasteiger partial charge in [0.15, 0.2) is 0 Å². The molecule has 0 aliphatic carbocycles. The molecule has 22 heavy (non-hydrogen) atoms. The minimum Gasteiger partial charge on any atom is -0.480 e. The number of hydrogen-bond acceptors (Lipinski definition) is 6. The number of carbonyl (C=O) groups excluding carboxylic acids is 2.